The Bertz CT molecular complexity index is 595. The molecule has 2 aromatic heterocycles. The molecule has 1 aliphatic rings. The van der Waals surface area contributed by atoms with Gasteiger partial charge in [-0.05, 0) is 0 Å². The maximum atomic E-state index is 11.8. The number of halogens is 1. The number of hydrogen-bond acceptors (Lipinski definition) is 4. The second-order valence-electron chi connectivity index (χ2n) is 4.01. The van der Waals surface area contributed by atoms with Crippen LogP contribution in [-0.2, 0) is 11.8 Å². The Morgan fingerprint density at radius 1 is 1.47 bits per heavy atom. The average molecular weight is 252 g/mol. The maximum Gasteiger partial charge on any atom is 0.229 e. The Balaban J connectivity index is 2.14. The molecule has 1 atom stereocenters. The molecular formula is C10H10ClN5O. The van der Waals surface area contributed by atoms with Crippen LogP contribution in [-0.4, -0.2) is 37.6 Å². The van der Waals surface area contributed by atoms with Gasteiger partial charge in [0.15, 0.2) is 5.65 Å². The first-order valence-corrected chi connectivity index (χ1v) is 5.67. The van der Waals surface area contributed by atoms with E-state index in [1.54, 1.807) is 22.8 Å². The molecule has 3 heterocycles. The Hall–Kier alpha value is -1.69. The molecular weight excluding hydrogens is 242 g/mol. The molecule has 6 nitrogen and oxygen atoms in total. The number of aryl methyl sites for hydroxylation is 1. The first-order valence-electron chi connectivity index (χ1n) is 5.24. The minimum absolute atomic E-state index is 0.00569. The highest BCUT2D eigenvalue weighted by Gasteiger charge is 2.31. The summed E-state index contributed by atoms with van der Waals surface area (Å²) in [6.45, 7) is 0.487. The van der Waals surface area contributed by atoms with Crippen molar-refractivity contribution in [2.75, 3.05) is 11.4 Å². The van der Waals surface area contributed by atoms with Crippen molar-refractivity contribution in [2.45, 2.75) is 11.8 Å². The summed E-state index contributed by atoms with van der Waals surface area (Å²) < 4.78 is 1.65. The van der Waals surface area contributed by atoms with E-state index in [1.807, 2.05) is 0 Å². The average Bonchev–Trinajstić information content (AvgIpc) is 2.83. The van der Waals surface area contributed by atoms with E-state index in [1.165, 1.54) is 6.33 Å². The minimum atomic E-state index is -0.149. The van der Waals surface area contributed by atoms with Gasteiger partial charge in [-0.3, -0.25) is 14.4 Å². The number of alkyl halides is 1. The second-order valence-corrected chi connectivity index (χ2v) is 4.63. The van der Waals surface area contributed by atoms with Crippen molar-refractivity contribution in [3.8, 4) is 0 Å². The molecule has 3 rings (SSSR count). The smallest absolute Gasteiger partial charge is 0.229 e. The molecule has 1 unspecified atom stereocenters. The molecule has 2 aromatic rings. The fourth-order valence-corrected chi connectivity index (χ4v) is 2.30. The van der Waals surface area contributed by atoms with Crippen LogP contribution >= 0.6 is 11.6 Å². The SMILES string of the molecule is Cn1ncc2c(N3CC(Cl)CC3=O)ncnc21. The monoisotopic (exact) mass is 251 g/mol. The highest BCUT2D eigenvalue weighted by Crippen LogP contribution is 2.27. The molecule has 1 fully saturated rings. The van der Waals surface area contributed by atoms with Gasteiger partial charge in [0.25, 0.3) is 0 Å². The van der Waals surface area contributed by atoms with Gasteiger partial charge in [-0.25, -0.2) is 9.97 Å². The summed E-state index contributed by atoms with van der Waals surface area (Å²) in [6.07, 6.45) is 3.46. The van der Waals surface area contributed by atoms with Crippen LogP contribution in [0.2, 0.25) is 0 Å². The Labute approximate surface area is 102 Å². The van der Waals surface area contributed by atoms with Crippen LogP contribution in [0.1, 0.15) is 6.42 Å². The highest BCUT2D eigenvalue weighted by molar-refractivity contribution is 6.24. The number of aromatic nitrogens is 4. The number of fused-ring (bicyclic) bond motifs is 1. The minimum Gasteiger partial charge on any atom is -0.295 e. The van der Waals surface area contributed by atoms with Crippen LogP contribution in [0, 0.1) is 0 Å². The zero-order valence-corrected chi connectivity index (χ0v) is 9.92. The molecule has 0 saturated carbocycles. The van der Waals surface area contributed by atoms with E-state index in [4.69, 9.17) is 11.6 Å². The highest BCUT2D eigenvalue weighted by atomic mass is 35.5. The summed E-state index contributed by atoms with van der Waals surface area (Å²) in [5.74, 6) is 0.588. The second kappa shape index (κ2) is 3.66. The fraction of sp³-hybridized carbons (Fsp3) is 0.400. The predicted molar refractivity (Wildman–Crippen MR) is 62.9 cm³/mol. The van der Waals surface area contributed by atoms with E-state index in [-0.39, 0.29) is 11.3 Å². The molecule has 1 aliphatic heterocycles. The maximum absolute atomic E-state index is 11.8. The third-order valence-electron chi connectivity index (χ3n) is 2.84. The molecule has 1 saturated heterocycles. The topological polar surface area (TPSA) is 63.9 Å². The van der Waals surface area contributed by atoms with Crippen LogP contribution in [0.4, 0.5) is 5.82 Å². The molecule has 0 spiro atoms. The summed E-state index contributed by atoms with van der Waals surface area (Å²) in [6, 6.07) is 0. The largest absolute Gasteiger partial charge is 0.295 e. The van der Waals surface area contributed by atoms with Gasteiger partial charge in [0, 0.05) is 20.0 Å². The summed E-state index contributed by atoms with van der Waals surface area (Å²) in [5, 5.41) is 4.74. The van der Waals surface area contributed by atoms with Gasteiger partial charge < -0.3 is 0 Å². The number of carbonyl (C=O) groups is 1. The van der Waals surface area contributed by atoms with E-state index >= 15 is 0 Å². The zero-order valence-electron chi connectivity index (χ0n) is 9.17. The van der Waals surface area contributed by atoms with E-state index < -0.39 is 0 Å². The first kappa shape index (κ1) is 10.5. The number of anilines is 1. The molecule has 0 bridgehead atoms. The van der Waals surface area contributed by atoms with Gasteiger partial charge in [0.1, 0.15) is 12.1 Å². The van der Waals surface area contributed by atoms with Crippen molar-refractivity contribution in [3.05, 3.63) is 12.5 Å². The standard InChI is InChI=1S/C10H10ClN5O/c1-15-9-7(3-14-15)10(13-5-12-9)16-4-6(11)2-8(16)17/h3,5-6H,2,4H2,1H3. The Morgan fingerprint density at radius 3 is 3.00 bits per heavy atom. The quantitative estimate of drug-likeness (QED) is 0.700. The van der Waals surface area contributed by atoms with Gasteiger partial charge >= 0.3 is 0 Å². The molecule has 1 amide bonds. The lowest BCUT2D eigenvalue weighted by atomic mass is 10.3. The Kier molecular flexibility index (Phi) is 2.25. The third-order valence-corrected chi connectivity index (χ3v) is 3.13. The first-order chi connectivity index (χ1) is 8.16. The molecule has 0 aromatic carbocycles. The van der Waals surface area contributed by atoms with Gasteiger partial charge in [0.05, 0.1) is 17.0 Å². The van der Waals surface area contributed by atoms with Gasteiger partial charge in [-0.2, -0.15) is 5.10 Å². The number of rotatable bonds is 1. The van der Waals surface area contributed by atoms with Crippen molar-refractivity contribution in [2.24, 2.45) is 7.05 Å². The summed E-state index contributed by atoms with van der Waals surface area (Å²) in [7, 11) is 1.80. The number of carbonyl (C=O) groups excluding carboxylic acids is 1. The van der Waals surface area contributed by atoms with E-state index in [2.05, 4.69) is 15.1 Å². The van der Waals surface area contributed by atoms with Crippen molar-refractivity contribution in [1.29, 1.82) is 0 Å². The lowest BCUT2D eigenvalue weighted by Gasteiger charge is -2.14. The van der Waals surface area contributed by atoms with E-state index in [0.717, 1.165) is 5.39 Å². The number of amides is 1. The van der Waals surface area contributed by atoms with Crippen LogP contribution in [0.5, 0.6) is 0 Å². The van der Waals surface area contributed by atoms with Crippen LogP contribution in [0.15, 0.2) is 12.5 Å². The van der Waals surface area contributed by atoms with Crippen LogP contribution < -0.4 is 4.90 Å². The molecule has 0 aliphatic carbocycles. The normalized spacial score (nSPS) is 20.5. The summed E-state index contributed by atoms with van der Waals surface area (Å²) in [4.78, 5) is 21.7. The van der Waals surface area contributed by atoms with Gasteiger partial charge in [-0.1, -0.05) is 0 Å². The van der Waals surface area contributed by atoms with Crippen molar-refractivity contribution < 1.29 is 4.79 Å². The van der Waals surface area contributed by atoms with Gasteiger partial charge in [0.2, 0.25) is 5.91 Å². The van der Waals surface area contributed by atoms with Gasteiger partial charge in [-0.15, -0.1) is 11.6 Å². The van der Waals surface area contributed by atoms with Crippen molar-refractivity contribution in [1.82, 2.24) is 19.7 Å². The molecule has 88 valence electrons. The fourth-order valence-electron chi connectivity index (χ4n) is 2.03. The summed E-state index contributed by atoms with van der Waals surface area (Å²) >= 11 is 5.98. The van der Waals surface area contributed by atoms with Crippen molar-refractivity contribution in [3.63, 3.8) is 0 Å². The Morgan fingerprint density at radius 2 is 2.29 bits per heavy atom. The molecule has 17 heavy (non-hydrogen) atoms. The molecule has 7 heteroatoms. The number of hydrogen-bond donors (Lipinski definition) is 0. The summed E-state index contributed by atoms with van der Waals surface area (Å²) in [5.41, 5.74) is 0.709. The van der Waals surface area contributed by atoms with Crippen molar-refractivity contribution >= 4 is 34.4 Å². The third kappa shape index (κ3) is 1.56. The molecule has 0 radical (unpaired) electrons. The van der Waals surface area contributed by atoms with E-state index in [9.17, 15) is 4.79 Å². The lowest BCUT2D eigenvalue weighted by Crippen LogP contribution is -2.25. The van der Waals surface area contributed by atoms with Crippen LogP contribution in [0.3, 0.4) is 0 Å². The van der Waals surface area contributed by atoms with E-state index in [0.29, 0.717) is 24.4 Å². The zero-order chi connectivity index (χ0) is 12.0. The van der Waals surface area contributed by atoms with Crippen LogP contribution in [0.25, 0.3) is 11.0 Å². The molecule has 0 N–H and O–H groups in total. The number of nitrogens with zero attached hydrogens (tertiary/aromatic N) is 5. The predicted octanol–water partition coefficient (Wildman–Crippen LogP) is 0.707. The lowest BCUT2D eigenvalue weighted by molar-refractivity contribution is -0.117.